The molecular formula is C36H44N4O5S2. The molecule has 1 saturated heterocycles. The van der Waals surface area contributed by atoms with E-state index >= 15 is 0 Å². The summed E-state index contributed by atoms with van der Waals surface area (Å²) in [5.41, 5.74) is 2.91. The molecule has 1 aliphatic heterocycles. The number of aromatic nitrogens is 2. The maximum atomic E-state index is 14.0. The molecule has 1 amide bonds. The molecule has 250 valence electrons. The number of carbonyl (C=O) groups is 2. The lowest BCUT2D eigenvalue weighted by atomic mass is 9.85. The number of hydrogen-bond donors (Lipinski definition) is 1. The van der Waals surface area contributed by atoms with Crippen LogP contribution < -0.4 is 4.31 Å². The van der Waals surface area contributed by atoms with Gasteiger partial charge in [0.05, 0.1) is 30.3 Å². The molecule has 4 aromatic rings. The lowest BCUT2D eigenvalue weighted by Crippen LogP contribution is -2.31. The van der Waals surface area contributed by atoms with Gasteiger partial charge in [-0.15, -0.1) is 11.3 Å². The van der Waals surface area contributed by atoms with Crippen molar-refractivity contribution in [3.63, 3.8) is 0 Å². The number of ketones is 1. The van der Waals surface area contributed by atoms with Crippen LogP contribution >= 0.6 is 11.3 Å². The van der Waals surface area contributed by atoms with Crippen LogP contribution in [-0.4, -0.2) is 65.8 Å². The highest BCUT2D eigenvalue weighted by Gasteiger charge is 2.32. The summed E-state index contributed by atoms with van der Waals surface area (Å²) in [5, 5.41) is 17.8. The van der Waals surface area contributed by atoms with Gasteiger partial charge in [-0.05, 0) is 92.1 Å². The van der Waals surface area contributed by atoms with E-state index in [0.29, 0.717) is 19.4 Å². The van der Waals surface area contributed by atoms with Crippen molar-refractivity contribution in [2.75, 3.05) is 24.2 Å². The van der Waals surface area contributed by atoms with Gasteiger partial charge in [-0.2, -0.15) is 5.10 Å². The van der Waals surface area contributed by atoms with E-state index in [1.807, 2.05) is 76.7 Å². The number of anilines is 1. The maximum absolute atomic E-state index is 14.0. The molecule has 1 unspecified atom stereocenters. The second-order valence-corrected chi connectivity index (χ2v) is 15.4. The zero-order valence-corrected chi connectivity index (χ0v) is 28.9. The Morgan fingerprint density at radius 3 is 2.53 bits per heavy atom. The lowest BCUT2D eigenvalue weighted by Gasteiger charge is -2.26. The maximum Gasteiger partial charge on any atom is 0.254 e. The van der Waals surface area contributed by atoms with Crippen LogP contribution in [0.2, 0.25) is 0 Å². The number of nitrogens with zero attached hydrogens (tertiary/aromatic N) is 4. The van der Waals surface area contributed by atoms with Crippen LogP contribution in [0.4, 0.5) is 5.69 Å². The SMILES string of the molecule is CCn1cc(CCC[C@@H](O)[C@@H](CC(=O)c2cc(C(=O)N3CCCC3c3cccs3)cc(N(C)S(C)(=O)=O)c2)Cc2ccccc2)cn1. The van der Waals surface area contributed by atoms with Crippen molar-refractivity contribution in [1.29, 1.82) is 0 Å². The molecule has 3 heterocycles. The molecule has 0 aliphatic carbocycles. The van der Waals surface area contributed by atoms with E-state index in [2.05, 4.69) is 5.10 Å². The van der Waals surface area contributed by atoms with Crippen molar-refractivity contribution in [2.45, 2.75) is 70.6 Å². The highest BCUT2D eigenvalue weighted by Crippen LogP contribution is 2.36. The molecule has 47 heavy (non-hydrogen) atoms. The smallest absolute Gasteiger partial charge is 0.254 e. The fraction of sp³-hybridized carbons (Fsp3) is 0.417. The minimum absolute atomic E-state index is 0.0467. The molecule has 9 nitrogen and oxygen atoms in total. The second kappa shape index (κ2) is 15.4. The van der Waals surface area contributed by atoms with E-state index in [1.54, 1.807) is 23.5 Å². The highest BCUT2D eigenvalue weighted by molar-refractivity contribution is 7.92. The topological polar surface area (TPSA) is 113 Å². The fourth-order valence-electron chi connectivity index (χ4n) is 6.30. The van der Waals surface area contributed by atoms with Gasteiger partial charge in [-0.1, -0.05) is 36.4 Å². The number of thiophene rings is 1. The van der Waals surface area contributed by atoms with E-state index in [4.69, 9.17) is 0 Å². The zero-order chi connectivity index (χ0) is 33.6. The summed E-state index contributed by atoms with van der Waals surface area (Å²) in [7, 11) is -2.24. The van der Waals surface area contributed by atoms with Crippen LogP contribution in [0.15, 0.2) is 78.4 Å². The van der Waals surface area contributed by atoms with E-state index in [-0.39, 0.29) is 46.9 Å². The number of likely N-dealkylation sites (tertiary alicyclic amines) is 1. The molecule has 0 radical (unpaired) electrons. The minimum atomic E-state index is -3.66. The monoisotopic (exact) mass is 676 g/mol. The average molecular weight is 677 g/mol. The van der Waals surface area contributed by atoms with Crippen molar-refractivity contribution in [1.82, 2.24) is 14.7 Å². The van der Waals surface area contributed by atoms with Crippen molar-refractivity contribution >= 4 is 38.7 Å². The Kier molecular flexibility index (Phi) is 11.3. The summed E-state index contributed by atoms with van der Waals surface area (Å²) in [6.45, 7) is 3.42. The Balaban J connectivity index is 1.40. The van der Waals surface area contributed by atoms with Crippen LogP contribution in [0.5, 0.6) is 0 Å². The van der Waals surface area contributed by atoms with Crippen molar-refractivity contribution in [2.24, 2.45) is 5.92 Å². The average Bonchev–Trinajstić information content (AvgIpc) is 3.86. The molecule has 5 rings (SSSR count). The third-order valence-corrected chi connectivity index (χ3v) is 11.2. The molecule has 1 fully saturated rings. The quantitative estimate of drug-likeness (QED) is 0.151. The van der Waals surface area contributed by atoms with E-state index in [9.17, 15) is 23.1 Å². The number of carbonyl (C=O) groups excluding carboxylic acids is 2. The standard InChI is InChI=1S/C36H44N4O5S2/c1-4-39-25-27(24-37-39)13-8-15-33(41)28(19-26-11-6-5-7-12-26)23-34(42)29-20-30(22-31(21-29)38(2)47(3,44)45)36(43)40-17-9-14-32(40)35-16-10-18-46-35/h5-7,10-12,16,18,20-22,24-25,28,32-33,41H,4,8-9,13-15,17,19,23H2,1-3H3/t28-,32?,33-/m1/s1. The minimum Gasteiger partial charge on any atom is -0.393 e. The predicted molar refractivity (Wildman–Crippen MR) is 186 cm³/mol. The number of Topliss-reactive ketones (excluding diaryl/α,β-unsaturated/α-hetero) is 1. The molecule has 2 aromatic heterocycles. The van der Waals surface area contributed by atoms with E-state index in [1.165, 1.54) is 13.1 Å². The van der Waals surface area contributed by atoms with Gasteiger partial charge in [0.2, 0.25) is 10.0 Å². The molecule has 0 spiro atoms. The fourth-order valence-corrected chi connectivity index (χ4v) is 7.66. The Bertz CT molecular complexity index is 1750. The van der Waals surface area contributed by atoms with Gasteiger partial charge >= 0.3 is 0 Å². The lowest BCUT2D eigenvalue weighted by molar-refractivity contribution is 0.0736. The van der Waals surface area contributed by atoms with Gasteiger partial charge in [0.1, 0.15) is 0 Å². The number of aliphatic hydroxyl groups excluding tert-OH is 1. The van der Waals surface area contributed by atoms with Gasteiger partial charge < -0.3 is 10.0 Å². The summed E-state index contributed by atoms with van der Waals surface area (Å²) in [4.78, 5) is 31.0. The molecule has 1 aliphatic rings. The molecular weight excluding hydrogens is 633 g/mol. The number of benzene rings is 2. The molecule has 0 bridgehead atoms. The van der Waals surface area contributed by atoms with Crippen molar-refractivity contribution < 1.29 is 23.1 Å². The summed E-state index contributed by atoms with van der Waals surface area (Å²) >= 11 is 1.61. The number of aryl methyl sites for hydroxylation is 2. The van der Waals surface area contributed by atoms with Crippen LogP contribution in [0.3, 0.4) is 0 Å². The molecule has 3 atom stereocenters. The van der Waals surface area contributed by atoms with Gasteiger partial charge in [0, 0.05) is 48.8 Å². The number of sulfonamides is 1. The van der Waals surface area contributed by atoms with Crippen molar-refractivity contribution in [3.05, 3.63) is 106 Å². The van der Waals surface area contributed by atoms with Crippen LogP contribution in [0.1, 0.15) is 81.8 Å². The normalized spacial score (nSPS) is 16.3. The van der Waals surface area contributed by atoms with Crippen LogP contribution in [-0.2, 0) is 29.4 Å². The Labute approximate surface area is 281 Å². The van der Waals surface area contributed by atoms with Gasteiger partial charge in [-0.3, -0.25) is 18.6 Å². The Morgan fingerprint density at radius 2 is 1.85 bits per heavy atom. The first-order valence-corrected chi connectivity index (χ1v) is 19.0. The van der Waals surface area contributed by atoms with E-state index < -0.39 is 16.1 Å². The highest BCUT2D eigenvalue weighted by atomic mass is 32.2. The molecule has 11 heteroatoms. The number of hydrogen-bond acceptors (Lipinski definition) is 7. The van der Waals surface area contributed by atoms with Gasteiger partial charge in [0.15, 0.2) is 5.78 Å². The van der Waals surface area contributed by atoms with E-state index in [0.717, 1.165) is 58.8 Å². The Morgan fingerprint density at radius 1 is 1.09 bits per heavy atom. The number of amides is 1. The summed E-state index contributed by atoms with van der Waals surface area (Å²) < 4.78 is 28.1. The van der Waals surface area contributed by atoms with Gasteiger partial charge in [0.25, 0.3) is 5.91 Å². The second-order valence-electron chi connectivity index (χ2n) is 12.4. The first kappa shape index (κ1) is 34.5. The van der Waals surface area contributed by atoms with Gasteiger partial charge in [-0.25, -0.2) is 8.42 Å². The Hall–Kier alpha value is -3.80. The van der Waals surface area contributed by atoms with Crippen molar-refractivity contribution in [3.8, 4) is 0 Å². The number of rotatable bonds is 15. The molecule has 1 N–H and O–H groups in total. The third kappa shape index (κ3) is 8.77. The predicted octanol–water partition coefficient (Wildman–Crippen LogP) is 6.15. The van der Waals surface area contributed by atoms with Crippen LogP contribution in [0, 0.1) is 5.92 Å². The third-order valence-electron chi connectivity index (χ3n) is 9.04. The summed E-state index contributed by atoms with van der Waals surface area (Å²) in [5.74, 6) is -0.852. The molecule has 2 aromatic carbocycles. The first-order chi connectivity index (χ1) is 22.5. The number of aliphatic hydroxyl groups is 1. The van der Waals surface area contributed by atoms with Crippen LogP contribution in [0.25, 0.3) is 0 Å². The zero-order valence-electron chi connectivity index (χ0n) is 27.3. The molecule has 0 saturated carbocycles. The summed E-state index contributed by atoms with van der Waals surface area (Å²) in [6, 6.07) is 18.4. The first-order valence-electron chi connectivity index (χ1n) is 16.2. The summed E-state index contributed by atoms with van der Waals surface area (Å²) in [6.07, 6.45) is 8.52. The largest absolute Gasteiger partial charge is 0.393 e.